The lowest BCUT2D eigenvalue weighted by atomic mass is 10.0. The smallest absolute Gasteiger partial charge is 0.0172 e. The quantitative estimate of drug-likeness (QED) is 0.797. The normalized spacial score (nSPS) is 28.7. The Morgan fingerprint density at radius 3 is 2.69 bits per heavy atom. The molecule has 2 nitrogen and oxygen atoms in total. The van der Waals surface area contributed by atoms with Crippen molar-refractivity contribution in [1.29, 1.82) is 0 Å². The maximum Gasteiger partial charge on any atom is 0.0172 e. The highest BCUT2D eigenvalue weighted by molar-refractivity contribution is 8.00. The Labute approximate surface area is 105 Å². The van der Waals surface area contributed by atoms with Crippen LogP contribution in [0.3, 0.4) is 0 Å². The summed E-state index contributed by atoms with van der Waals surface area (Å²) in [6.45, 7) is 7.45. The Morgan fingerprint density at radius 2 is 2.06 bits per heavy atom. The van der Waals surface area contributed by atoms with Gasteiger partial charge in [-0.15, -0.1) is 0 Å². The molecule has 0 aliphatic carbocycles. The van der Waals surface area contributed by atoms with E-state index in [4.69, 9.17) is 0 Å². The molecule has 0 aromatic rings. The van der Waals surface area contributed by atoms with Gasteiger partial charge in [0.15, 0.2) is 0 Å². The van der Waals surface area contributed by atoms with Crippen LogP contribution in [-0.2, 0) is 0 Å². The summed E-state index contributed by atoms with van der Waals surface area (Å²) in [5.41, 5.74) is 0. The van der Waals surface area contributed by atoms with Crippen molar-refractivity contribution in [2.24, 2.45) is 0 Å². The molecule has 0 aromatic carbocycles. The minimum absolute atomic E-state index is 0.800. The summed E-state index contributed by atoms with van der Waals surface area (Å²) in [6, 6.07) is 0.800. The van der Waals surface area contributed by atoms with E-state index in [2.05, 4.69) is 28.9 Å². The molecule has 2 fully saturated rings. The summed E-state index contributed by atoms with van der Waals surface area (Å²) in [7, 11) is 0. The molecule has 1 N–H and O–H groups in total. The second kappa shape index (κ2) is 6.87. The third kappa shape index (κ3) is 3.94. The summed E-state index contributed by atoms with van der Waals surface area (Å²) < 4.78 is 0. The van der Waals surface area contributed by atoms with E-state index in [1.807, 2.05) is 0 Å². The zero-order valence-corrected chi connectivity index (χ0v) is 11.4. The van der Waals surface area contributed by atoms with E-state index in [1.54, 1.807) is 0 Å². The minimum atomic E-state index is 0.800. The zero-order valence-electron chi connectivity index (χ0n) is 10.6. The predicted molar refractivity (Wildman–Crippen MR) is 73.2 cm³/mol. The van der Waals surface area contributed by atoms with Crippen molar-refractivity contribution < 1.29 is 0 Å². The summed E-state index contributed by atoms with van der Waals surface area (Å²) in [5.74, 6) is 1.39. The van der Waals surface area contributed by atoms with Gasteiger partial charge in [0, 0.05) is 17.8 Å². The molecule has 2 rings (SSSR count). The zero-order chi connectivity index (χ0) is 11.2. The molecule has 0 amide bonds. The molecule has 3 heteroatoms. The molecular formula is C13H26N2S. The lowest BCUT2D eigenvalue weighted by molar-refractivity contribution is 0.198. The first-order valence-electron chi connectivity index (χ1n) is 6.96. The minimum Gasteiger partial charge on any atom is -0.313 e. The lowest BCUT2D eigenvalue weighted by Crippen LogP contribution is -2.44. The van der Waals surface area contributed by atoms with Gasteiger partial charge in [-0.2, -0.15) is 11.8 Å². The molecule has 0 saturated carbocycles. The van der Waals surface area contributed by atoms with Crippen molar-refractivity contribution in [3.8, 4) is 0 Å². The first-order chi connectivity index (χ1) is 7.88. The number of nitrogens with zero attached hydrogens (tertiary/aromatic N) is 1. The van der Waals surface area contributed by atoms with Crippen LogP contribution in [0.2, 0.25) is 0 Å². The van der Waals surface area contributed by atoms with Crippen LogP contribution < -0.4 is 5.32 Å². The Hall–Kier alpha value is 0.270. The molecular weight excluding hydrogens is 216 g/mol. The molecule has 0 spiro atoms. The number of likely N-dealkylation sites (tertiary alicyclic amines) is 1. The van der Waals surface area contributed by atoms with Gasteiger partial charge in [0.1, 0.15) is 0 Å². The summed E-state index contributed by atoms with van der Waals surface area (Å²) in [5, 5.41) is 4.69. The van der Waals surface area contributed by atoms with E-state index in [0.717, 1.165) is 11.3 Å². The van der Waals surface area contributed by atoms with Gasteiger partial charge in [-0.25, -0.2) is 0 Å². The maximum absolute atomic E-state index is 3.78. The fourth-order valence-electron chi connectivity index (χ4n) is 2.78. The van der Waals surface area contributed by atoms with E-state index in [0.29, 0.717) is 0 Å². The molecule has 0 radical (unpaired) electrons. The third-order valence-corrected chi connectivity index (χ3v) is 5.18. The molecule has 0 bridgehead atoms. The summed E-state index contributed by atoms with van der Waals surface area (Å²) in [4.78, 5) is 2.61. The molecule has 94 valence electrons. The SMILES string of the molecule is CCCN1CCC(NCC2CCCS2)CC1. The highest BCUT2D eigenvalue weighted by Gasteiger charge is 2.20. The van der Waals surface area contributed by atoms with Crippen molar-refractivity contribution in [2.45, 2.75) is 50.3 Å². The summed E-state index contributed by atoms with van der Waals surface area (Å²) >= 11 is 2.17. The fraction of sp³-hybridized carbons (Fsp3) is 1.00. The highest BCUT2D eigenvalue weighted by Crippen LogP contribution is 2.25. The van der Waals surface area contributed by atoms with Crippen LogP contribution in [0.15, 0.2) is 0 Å². The van der Waals surface area contributed by atoms with Crippen molar-refractivity contribution in [3.63, 3.8) is 0 Å². The standard InChI is InChI=1S/C13H26N2S/c1-2-7-15-8-5-12(6-9-15)14-11-13-4-3-10-16-13/h12-14H,2-11H2,1H3. The number of hydrogen-bond acceptors (Lipinski definition) is 3. The number of hydrogen-bond donors (Lipinski definition) is 1. The lowest BCUT2D eigenvalue weighted by Gasteiger charge is -2.32. The van der Waals surface area contributed by atoms with E-state index < -0.39 is 0 Å². The molecule has 2 aliphatic heterocycles. The Bertz CT molecular complexity index is 184. The van der Waals surface area contributed by atoms with E-state index >= 15 is 0 Å². The van der Waals surface area contributed by atoms with Crippen LogP contribution >= 0.6 is 11.8 Å². The monoisotopic (exact) mass is 242 g/mol. The number of piperidine rings is 1. The van der Waals surface area contributed by atoms with Crippen LogP contribution in [0.25, 0.3) is 0 Å². The highest BCUT2D eigenvalue weighted by atomic mass is 32.2. The van der Waals surface area contributed by atoms with Crippen molar-refractivity contribution >= 4 is 11.8 Å². The Kier molecular flexibility index (Phi) is 5.46. The fourth-order valence-corrected chi connectivity index (χ4v) is 3.99. The van der Waals surface area contributed by atoms with Crippen LogP contribution in [0.5, 0.6) is 0 Å². The van der Waals surface area contributed by atoms with Crippen LogP contribution in [0.4, 0.5) is 0 Å². The van der Waals surface area contributed by atoms with Gasteiger partial charge in [-0.05, 0) is 57.5 Å². The van der Waals surface area contributed by atoms with Gasteiger partial charge in [0.2, 0.25) is 0 Å². The van der Waals surface area contributed by atoms with Gasteiger partial charge in [0.05, 0.1) is 0 Å². The third-order valence-electron chi connectivity index (χ3n) is 3.79. The second-order valence-electron chi connectivity index (χ2n) is 5.16. The second-order valence-corrected chi connectivity index (χ2v) is 6.57. The molecule has 1 atom stereocenters. The summed E-state index contributed by atoms with van der Waals surface area (Å²) in [6.07, 6.45) is 6.89. The first kappa shape index (κ1) is 12.7. The molecule has 1 unspecified atom stereocenters. The van der Waals surface area contributed by atoms with Crippen molar-refractivity contribution in [3.05, 3.63) is 0 Å². The van der Waals surface area contributed by atoms with Crippen LogP contribution in [-0.4, -0.2) is 48.1 Å². The number of nitrogens with one attached hydrogen (secondary N) is 1. The van der Waals surface area contributed by atoms with Gasteiger partial charge in [0.25, 0.3) is 0 Å². The average Bonchev–Trinajstić information content (AvgIpc) is 2.82. The maximum atomic E-state index is 3.78. The van der Waals surface area contributed by atoms with E-state index in [-0.39, 0.29) is 0 Å². The molecule has 2 heterocycles. The van der Waals surface area contributed by atoms with Gasteiger partial charge in [-0.1, -0.05) is 6.92 Å². The van der Waals surface area contributed by atoms with Gasteiger partial charge in [-0.3, -0.25) is 0 Å². The van der Waals surface area contributed by atoms with Crippen LogP contribution in [0.1, 0.15) is 39.0 Å². The predicted octanol–water partition coefficient (Wildman–Crippen LogP) is 2.35. The van der Waals surface area contributed by atoms with Crippen molar-refractivity contribution in [1.82, 2.24) is 10.2 Å². The molecule has 0 aromatic heterocycles. The number of thioether (sulfide) groups is 1. The van der Waals surface area contributed by atoms with Crippen LogP contribution in [0, 0.1) is 0 Å². The Balaban J connectivity index is 1.57. The Morgan fingerprint density at radius 1 is 1.25 bits per heavy atom. The topological polar surface area (TPSA) is 15.3 Å². The van der Waals surface area contributed by atoms with Gasteiger partial charge >= 0.3 is 0 Å². The molecule has 2 saturated heterocycles. The molecule has 16 heavy (non-hydrogen) atoms. The average molecular weight is 242 g/mol. The van der Waals surface area contributed by atoms with E-state index in [1.165, 1.54) is 64.0 Å². The van der Waals surface area contributed by atoms with Gasteiger partial charge < -0.3 is 10.2 Å². The number of rotatable bonds is 5. The van der Waals surface area contributed by atoms with Crippen molar-refractivity contribution in [2.75, 3.05) is 31.9 Å². The first-order valence-corrected chi connectivity index (χ1v) is 8.00. The van der Waals surface area contributed by atoms with E-state index in [9.17, 15) is 0 Å². The molecule has 2 aliphatic rings. The largest absolute Gasteiger partial charge is 0.313 e.